The molecule has 0 fully saturated rings. The van der Waals surface area contributed by atoms with E-state index in [9.17, 15) is 4.79 Å². The zero-order chi connectivity index (χ0) is 12.3. The van der Waals surface area contributed by atoms with Crippen LogP contribution in [0.2, 0.25) is 0 Å². The molecule has 0 aliphatic rings. The van der Waals surface area contributed by atoms with Crippen molar-refractivity contribution in [1.29, 1.82) is 0 Å². The average molecular weight is 230 g/mol. The third-order valence-electron chi connectivity index (χ3n) is 2.43. The van der Waals surface area contributed by atoms with Crippen molar-refractivity contribution in [3.63, 3.8) is 0 Å². The number of hydrogen-bond donors (Lipinski definition) is 2. The van der Waals surface area contributed by atoms with E-state index in [1.54, 1.807) is 36.3 Å². The van der Waals surface area contributed by atoms with Gasteiger partial charge in [0.05, 0.1) is 5.69 Å². The number of carbonyl (C=O) groups is 1. The molecule has 0 bridgehead atoms. The highest BCUT2D eigenvalue weighted by molar-refractivity contribution is 5.93. The number of amides is 1. The van der Waals surface area contributed by atoms with E-state index in [0.717, 1.165) is 5.56 Å². The van der Waals surface area contributed by atoms with Gasteiger partial charge in [0.15, 0.2) is 0 Å². The number of nitrogens with two attached hydrogens (primary N) is 1. The Morgan fingerprint density at radius 2 is 2.41 bits per heavy atom. The maximum absolute atomic E-state index is 11.8. The molecule has 3 N–H and O–H groups in total. The van der Waals surface area contributed by atoms with Crippen LogP contribution in [0.3, 0.4) is 0 Å². The molecule has 17 heavy (non-hydrogen) atoms. The SMILES string of the molecule is Cn1cc(N)cc1C(=O)NCc1cccnc1. The Balaban J connectivity index is 2.01. The highest BCUT2D eigenvalue weighted by Crippen LogP contribution is 2.08. The Labute approximate surface area is 99.3 Å². The fourth-order valence-corrected chi connectivity index (χ4v) is 1.59. The normalized spacial score (nSPS) is 10.2. The molecule has 0 saturated heterocycles. The summed E-state index contributed by atoms with van der Waals surface area (Å²) in [5.41, 5.74) is 7.70. The third-order valence-corrected chi connectivity index (χ3v) is 2.43. The summed E-state index contributed by atoms with van der Waals surface area (Å²) in [6.07, 6.45) is 5.13. The van der Waals surface area contributed by atoms with Crippen LogP contribution in [0, 0.1) is 0 Å². The number of nitrogen functional groups attached to an aromatic ring is 1. The molecule has 0 aromatic carbocycles. The lowest BCUT2D eigenvalue weighted by atomic mass is 10.3. The Morgan fingerprint density at radius 1 is 1.59 bits per heavy atom. The zero-order valence-electron chi connectivity index (χ0n) is 9.55. The Morgan fingerprint density at radius 3 is 3.00 bits per heavy atom. The lowest BCUT2D eigenvalue weighted by Crippen LogP contribution is -2.24. The first-order chi connectivity index (χ1) is 8.16. The first kappa shape index (κ1) is 11.2. The molecule has 0 aliphatic heterocycles. The number of nitrogens with zero attached hydrogens (tertiary/aromatic N) is 2. The van der Waals surface area contributed by atoms with Crippen LogP contribution in [0.25, 0.3) is 0 Å². The van der Waals surface area contributed by atoms with Crippen LogP contribution in [0.4, 0.5) is 5.69 Å². The molecule has 5 nitrogen and oxygen atoms in total. The summed E-state index contributed by atoms with van der Waals surface area (Å²) in [5, 5.41) is 2.81. The lowest BCUT2D eigenvalue weighted by Gasteiger charge is -2.05. The molecule has 2 aromatic rings. The van der Waals surface area contributed by atoms with E-state index in [4.69, 9.17) is 5.73 Å². The number of anilines is 1. The topological polar surface area (TPSA) is 72.9 Å². The highest BCUT2D eigenvalue weighted by atomic mass is 16.1. The molecule has 2 heterocycles. The van der Waals surface area contributed by atoms with Crippen molar-refractivity contribution in [3.8, 4) is 0 Å². The molecule has 0 unspecified atom stereocenters. The maximum Gasteiger partial charge on any atom is 0.268 e. The van der Waals surface area contributed by atoms with Crippen molar-refractivity contribution in [2.24, 2.45) is 7.05 Å². The molecule has 2 aromatic heterocycles. The van der Waals surface area contributed by atoms with Gasteiger partial charge in [-0.05, 0) is 17.7 Å². The Bertz CT molecular complexity index is 519. The predicted octanol–water partition coefficient (Wildman–Crippen LogP) is 0.932. The van der Waals surface area contributed by atoms with Crippen molar-refractivity contribution in [1.82, 2.24) is 14.9 Å². The van der Waals surface area contributed by atoms with Gasteiger partial charge < -0.3 is 15.6 Å². The quantitative estimate of drug-likeness (QED) is 0.824. The number of rotatable bonds is 3. The standard InChI is InChI=1S/C12H14N4O/c1-16-8-10(13)5-11(16)12(17)15-7-9-3-2-4-14-6-9/h2-6,8H,7,13H2,1H3,(H,15,17). The van der Waals surface area contributed by atoms with E-state index in [0.29, 0.717) is 17.9 Å². The fourth-order valence-electron chi connectivity index (χ4n) is 1.59. The van der Waals surface area contributed by atoms with Crippen LogP contribution in [0.5, 0.6) is 0 Å². The van der Waals surface area contributed by atoms with E-state index >= 15 is 0 Å². The largest absolute Gasteiger partial charge is 0.397 e. The summed E-state index contributed by atoms with van der Waals surface area (Å²) >= 11 is 0. The van der Waals surface area contributed by atoms with Gasteiger partial charge in [0.25, 0.3) is 5.91 Å². The first-order valence-electron chi connectivity index (χ1n) is 5.26. The van der Waals surface area contributed by atoms with Gasteiger partial charge in [-0.15, -0.1) is 0 Å². The Hall–Kier alpha value is -2.30. The summed E-state index contributed by atoms with van der Waals surface area (Å²) in [5.74, 6) is -0.145. The van der Waals surface area contributed by atoms with Crippen LogP contribution >= 0.6 is 0 Å². The number of carbonyl (C=O) groups excluding carboxylic acids is 1. The second-order valence-corrected chi connectivity index (χ2v) is 3.81. The van der Waals surface area contributed by atoms with Crippen molar-refractivity contribution >= 4 is 11.6 Å². The van der Waals surface area contributed by atoms with Gasteiger partial charge in [-0.1, -0.05) is 6.07 Å². The number of hydrogen-bond acceptors (Lipinski definition) is 3. The van der Waals surface area contributed by atoms with Gasteiger partial charge >= 0.3 is 0 Å². The van der Waals surface area contributed by atoms with Crippen LogP contribution in [0.1, 0.15) is 16.1 Å². The number of aromatic nitrogens is 2. The summed E-state index contributed by atoms with van der Waals surface area (Å²) in [6, 6.07) is 5.40. The molecule has 88 valence electrons. The molecular weight excluding hydrogens is 216 g/mol. The van der Waals surface area contributed by atoms with Crippen LogP contribution < -0.4 is 11.1 Å². The molecule has 2 rings (SSSR count). The third kappa shape index (κ3) is 2.63. The van der Waals surface area contributed by atoms with E-state index in [1.165, 1.54) is 0 Å². The Kier molecular flexibility index (Phi) is 3.09. The summed E-state index contributed by atoms with van der Waals surface area (Å²) < 4.78 is 1.70. The van der Waals surface area contributed by atoms with E-state index in [2.05, 4.69) is 10.3 Å². The maximum atomic E-state index is 11.8. The minimum atomic E-state index is -0.145. The smallest absolute Gasteiger partial charge is 0.268 e. The van der Waals surface area contributed by atoms with Crippen LogP contribution in [0.15, 0.2) is 36.8 Å². The molecule has 5 heteroatoms. The minimum absolute atomic E-state index is 0.145. The van der Waals surface area contributed by atoms with Gasteiger partial charge in [-0.25, -0.2) is 0 Å². The molecule has 0 aliphatic carbocycles. The zero-order valence-corrected chi connectivity index (χ0v) is 9.55. The van der Waals surface area contributed by atoms with Crippen molar-refractivity contribution < 1.29 is 4.79 Å². The van der Waals surface area contributed by atoms with Crippen LogP contribution in [-0.4, -0.2) is 15.5 Å². The van der Waals surface area contributed by atoms with E-state index in [-0.39, 0.29) is 5.91 Å². The van der Waals surface area contributed by atoms with Crippen LogP contribution in [-0.2, 0) is 13.6 Å². The van der Waals surface area contributed by atoms with E-state index < -0.39 is 0 Å². The molecule has 0 radical (unpaired) electrons. The van der Waals surface area contributed by atoms with Gasteiger partial charge in [0, 0.05) is 32.2 Å². The molecule has 0 spiro atoms. The summed E-state index contributed by atoms with van der Waals surface area (Å²) in [4.78, 5) is 15.8. The molecule has 1 amide bonds. The highest BCUT2D eigenvalue weighted by Gasteiger charge is 2.10. The monoisotopic (exact) mass is 230 g/mol. The fraction of sp³-hybridized carbons (Fsp3) is 0.167. The molecular formula is C12H14N4O. The average Bonchev–Trinajstić information content (AvgIpc) is 2.67. The van der Waals surface area contributed by atoms with Crippen molar-refractivity contribution in [2.45, 2.75) is 6.54 Å². The molecule has 0 atom stereocenters. The van der Waals surface area contributed by atoms with Crippen molar-refractivity contribution in [3.05, 3.63) is 48.0 Å². The predicted molar refractivity (Wildman–Crippen MR) is 65.2 cm³/mol. The first-order valence-corrected chi connectivity index (χ1v) is 5.26. The van der Waals surface area contributed by atoms with Gasteiger partial charge in [0.2, 0.25) is 0 Å². The molecule has 0 saturated carbocycles. The van der Waals surface area contributed by atoms with Gasteiger partial charge in [0.1, 0.15) is 5.69 Å². The lowest BCUT2D eigenvalue weighted by molar-refractivity contribution is 0.0943. The van der Waals surface area contributed by atoms with E-state index in [1.807, 2.05) is 12.1 Å². The summed E-state index contributed by atoms with van der Waals surface area (Å²) in [6.45, 7) is 0.456. The number of pyridine rings is 1. The second-order valence-electron chi connectivity index (χ2n) is 3.81. The second kappa shape index (κ2) is 4.69. The number of aryl methyl sites for hydroxylation is 1. The summed E-state index contributed by atoms with van der Waals surface area (Å²) in [7, 11) is 1.79. The van der Waals surface area contributed by atoms with Gasteiger partial charge in [-0.2, -0.15) is 0 Å². The van der Waals surface area contributed by atoms with Gasteiger partial charge in [-0.3, -0.25) is 9.78 Å². The minimum Gasteiger partial charge on any atom is -0.397 e. The number of nitrogens with one attached hydrogen (secondary N) is 1. The van der Waals surface area contributed by atoms with Crippen molar-refractivity contribution in [2.75, 3.05) is 5.73 Å².